The molecule has 0 aliphatic rings. The molecule has 0 spiro atoms. The highest BCUT2D eigenvalue weighted by atomic mass is 35.5. The summed E-state index contributed by atoms with van der Waals surface area (Å²) in [5.41, 5.74) is 1.87. The van der Waals surface area contributed by atoms with E-state index in [1.54, 1.807) is 18.2 Å². The molecular weight excluding hydrogens is 515 g/mol. The van der Waals surface area contributed by atoms with Crippen molar-refractivity contribution < 1.29 is 17.9 Å². The van der Waals surface area contributed by atoms with Gasteiger partial charge in [0.05, 0.1) is 28.2 Å². The predicted molar refractivity (Wildman–Crippen MR) is 132 cm³/mol. The number of anilines is 1. The molecular formula is C22H18Cl2N6O4S. The summed E-state index contributed by atoms with van der Waals surface area (Å²) in [4.78, 5) is 11.8. The quantitative estimate of drug-likeness (QED) is 0.321. The summed E-state index contributed by atoms with van der Waals surface area (Å²) in [6, 6.07) is 12.9. The minimum atomic E-state index is -3.50. The number of nitriles is 1. The van der Waals surface area contributed by atoms with Crippen LogP contribution in [0.2, 0.25) is 5.02 Å². The largest absolute Gasteiger partial charge is 0.489 e. The third-order valence-electron chi connectivity index (χ3n) is 4.68. The highest BCUT2D eigenvalue weighted by Crippen LogP contribution is 2.33. The summed E-state index contributed by atoms with van der Waals surface area (Å²) < 4.78 is 38.1. The maximum absolute atomic E-state index is 11.4. The molecule has 0 saturated heterocycles. The number of hydrogen-bond acceptors (Lipinski definition) is 8. The Morgan fingerprint density at radius 2 is 2.00 bits per heavy atom. The molecule has 13 heteroatoms. The van der Waals surface area contributed by atoms with Crippen LogP contribution >= 0.6 is 23.2 Å². The molecule has 2 heterocycles. The van der Waals surface area contributed by atoms with E-state index in [4.69, 9.17) is 32.7 Å². The molecule has 0 atom stereocenters. The van der Waals surface area contributed by atoms with Crippen molar-refractivity contribution in [3.8, 4) is 23.3 Å². The summed E-state index contributed by atoms with van der Waals surface area (Å²) in [6.07, 6.45) is 4.07. The van der Waals surface area contributed by atoms with Gasteiger partial charge in [0.15, 0.2) is 11.6 Å². The number of aromatic nitrogens is 4. The van der Waals surface area contributed by atoms with Gasteiger partial charge < -0.3 is 14.0 Å². The van der Waals surface area contributed by atoms with Crippen LogP contribution < -0.4 is 14.2 Å². The number of ether oxygens (including phenoxy) is 2. The Hall–Kier alpha value is -3.59. The monoisotopic (exact) mass is 532 g/mol. The van der Waals surface area contributed by atoms with Crippen LogP contribution in [-0.4, -0.2) is 46.7 Å². The number of halogens is 2. The van der Waals surface area contributed by atoms with E-state index in [1.165, 1.54) is 6.33 Å². The number of nitrogens with one attached hydrogen (secondary N) is 1. The molecule has 2 aromatic heterocycles. The van der Waals surface area contributed by atoms with Gasteiger partial charge in [0.25, 0.3) is 0 Å². The molecule has 0 aliphatic carbocycles. The number of alkyl halides is 1. The standard InChI is InChI=1S/C22H18Cl2N6O4S/c1-35(31,32)29-22-27-13-26-20(28-22)12-34-17-2-3-19-14(9-17)4-6-30(19)16-8-15(11-25)21(18(24)10-16)33-7-5-23/h2-4,6,8-10,13H,5,7,12H2,1H3,(H,26,27,28,29). The van der Waals surface area contributed by atoms with Crippen LogP contribution in [0.1, 0.15) is 11.4 Å². The van der Waals surface area contributed by atoms with Crippen molar-refractivity contribution >= 4 is 50.1 Å². The van der Waals surface area contributed by atoms with Crippen molar-refractivity contribution in [2.24, 2.45) is 0 Å². The maximum Gasteiger partial charge on any atom is 0.239 e. The highest BCUT2D eigenvalue weighted by molar-refractivity contribution is 7.91. The van der Waals surface area contributed by atoms with E-state index >= 15 is 0 Å². The van der Waals surface area contributed by atoms with E-state index in [0.717, 1.165) is 17.2 Å². The Bertz CT molecular complexity index is 1530. The van der Waals surface area contributed by atoms with Crippen LogP contribution in [0.4, 0.5) is 5.95 Å². The van der Waals surface area contributed by atoms with Crippen molar-refractivity contribution in [1.82, 2.24) is 19.5 Å². The van der Waals surface area contributed by atoms with Gasteiger partial charge in [-0.2, -0.15) is 10.2 Å². The van der Waals surface area contributed by atoms with Crippen molar-refractivity contribution in [2.45, 2.75) is 6.61 Å². The lowest BCUT2D eigenvalue weighted by Crippen LogP contribution is -2.14. The number of hydrogen-bond donors (Lipinski definition) is 1. The molecule has 0 radical (unpaired) electrons. The zero-order chi connectivity index (χ0) is 25.0. The van der Waals surface area contributed by atoms with Crippen LogP contribution in [0, 0.1) is 11.3 Å². The Balaban J connectivity index is 1.55. The number of benzene rings is 2. The fraction of sp³-hybridized carbons (Fsp3) is 0.182. The smallest absolute Gasteiger partial charge is 0.239 e. The van der Waals surface area contributed by atoms with E-state index < -0.39 is 10.0 Å². The Kier molecular flexibility index (Phi) is 7.25. The average molecular weight is 533 g/mol. The Labute approximate surface area is 211 Å². The minimum absolute atomic E-state index is 0.0120. The molecule has 35 heavy (non-hydrogen) atoms. The highest BCUT2D eigenvalue weighted by Gasteiger charge is 2.14. The second-order valence-corrected chi connectivity index (χ2v) is 9.78. The first-order valence-corrected chi connectivity index (χ1v) is 12.9. The average Bonchev–Trinajstić information content (AvgIpc) is 3.24. The van der Waals surface area contributed by atoms with Crippen molar-refractivity contribution in [3.05, 3.63) is 65.3 Å². The number of fused-ring (bicyclic) bond motifs is 1. The number of rotatable bonds is 9. The first-order chi connectivity index (χ1) is 16.8. The van der Waals surface area contributed by atoms with E-state index in [2.05, 4.69) is 25.7 Å². The van der Waals surface area contributed by atoms with Crippen LogP contribution in [0.25, 0.3) is 16.6 Å². The van der Waals surface area contributed by atoms with Gasteiger partial charge in [-0.05, 0) is 36.4 Å². The van der Waals surface area contributed by atoms with Gasteiger partial charge in [-0.3, -0.25) is 4.72 Å². The topological polar surface area (TPSA) is 132 Å². The maximum atomic E-state index is 11.4. The Morgan fingerprint density at radius 1 is 1.17 bits per heavy atom. The molecule has 0 bridgehead atoms. The summed E-state index contributed by atoms with van der Waals surface area (Å²) >= 11 is 12.1. The van der Waals surface area contributed by atoms with E-state index in [1.807, 2.05) is 29.0 Å². The molecule has 0 saturated carbocycles. The van der Waals surface area contributed by atoms with Gasteiger partial charge in [0, 0.05) is 17.3 Å². The second kappa shape index (κ2) is 10.4. The van der Waals surface area contributed by atoms with Gasteiger partial charge >= 0.3 is 0 Å². The fourth-order valence-corrected chi connectivity index (χ4v) is 4.06. The van der Waals surface area contributed by atoms with Crippen molar-refractivity contribution in [2.75, 3.05) is 23.5 Å². The van der Waals surface area contributed by atoms with Crippen LogP contribution in [0.15, 0.2) is 48.9 Å². The first kappa shape index (κ1) is 24.5. The lowest BCUT2D eigenvalue weighted by Gasteiger charge is -2.12. The lowest BCUT2D eigenvalue weighted by molar-refractivity contribution is 0.296. The number of nitrogens with zero attached hydrogens (tertiary/aromatic N) is 5. The zero-order valence-corrected chi connectivity index (χ0v) is 20.6. The summed E-state index contributed by atoms with van der Waals surface area (Å²) in [5, 5.41) is 10.7. The summed E-state index contributed by atoms with van der Waals surface area (Å²) in [7, 11) is -3.50. The van der Waals surface area contributed by atoms with Gasteiger partial charge in [-0.25, -0.2) is 18.4 Å². The Morgan fingerprint density at radius 3 is 2.74 bits per heavy atom. The number of sulfonamides is 1. The zero-order valence-electron chi connectivity index (χ0n) is 18.3. The molecule has 0 unspecified atom stereocenters. The third kappa shape index (κ3) is 5.92. The predicted octanol–water partition coefficient (Wildman–Crippen LogP) is 3.91. The van der Waals surface area contributed by atoms with E-state index in [0.29, 0.717) is 27.8 Å². The molecule has 4 aromatic rings. The van der Waals surface area contributed by atoms with Gasteiger partial charge in [-0.15, -0.1) is 11.6 Å². The van der Waals surface area contributed by atoms with Gasteiger partial charge in [0.1, 0.15) is 31.4 Å². The van der Waals surface area contributed by atoms with E-state index in [9.17, 15) is 13.7 Å². The van der Waals surface area contributed by atoms with Gasteiger partial charge in [0.2, 0.25) is 16.0 Å². The normalized spacial score (nSPS) is 11.3. The summed E-state index contributed by atoms with van der Waals surface area (Å²) in [5.74, 6) is 1.33. The molecule has 1 N–H and O–H groups in total. The molecule has 180 valence electrons. The second-order valence-electron chi connectivity index (χ2n) is 7.25. The SMILES string of the molecule is CS(=O)(=O)Nc1ncnc(COc2ccc3c(ccn3-c3cc(Cl)c(OCCCl)c(C#N)c3)c2)n1. The van der Waals surface area contributed by atoms with E-state index in [-0.39, 0.29) is 30.9 Å². The van der Waals surface area contributed by atoms with Crippen LogP contribution in [0.3, 0.4) is 0 Å². The minimum Gasteiger partial charge on any atom is -0.489 e. The van der Waals surface area contributed by atoms with Gasteiger partial charge in [-0.1, -0.05) is 11.6 Å². The molecule has 0 amide bonds. The van der Waals surface area contributed by atoms with Crippen molar-refractivity contribution in [1.29, 1.82) is 5.26 Å². The summed E-state index contributed by atoms with van der Waals surface area (Å²) in [6.45, 7) is 0.253. The molecule has 2 aromatic carbocycles. The van der Waals surface area contributed by atoms with Crippen LogP contribution in [-0.2, 0) is 16.6 Å². The molecule has 4 rings (SSSR count). The molecule has 0 aliphatic heterocycles. The van der Waals surface area contributed by atoms with Crippen molar-refractivity contribution in [3.63, 3.8) is 0 Å². The lowest BCUT2D eigenvalue weighted by atomic mass is 10.2. The third-order valence-corrected chi connectivity index (χ3v) is 5.67. The van der Waals surface area contributed by atoms with Crippen LogP contribution in [0.5, 0.6) is 11.5 Å². The fourth-order valence-electron chi connectivity index (χ4n) is 3.29. The first-order valence-electron chi connectivity index (χ1n) is 10.1. The molecule has 0 fully saturated rings. The molecule has 10 nitrogen and oxygen atoms in total.